The van der Waals surface area contributed by atoms with Crippen LogP contribution in [-0.4, -0.2) is 33.7 Å². The molecular formula is C24H21N5O3. The number of benzene rings is 2. The van der Waals surface area contributed by atoms with E-state index in [2.05, 4.69) is 15.2 Å². The minimum Gasteiger partial charge on any atom is -0.388 e. The molecule has 0 aliphatic carbocycles. The third-order valence-corrected chi connectivity index (χ3v) is 5.67. The second-order valence-corrected chi connectivity index (χ2v) is 7.71. The van der Waals surface area contributed by atoms with Gasteiger partial charge in [-0.3, -0.25) is 9.78 Å². The minimum atomic E-state index is -0.667. The molecule has 32 heavy (non-hydrogen) atoms. The van der Waals surface area contributed by atoms with Crippen molar-refractivity contribution in [2.24, 2.45) is 5.73 Å². The molecule has 8 nitrogen and oxygen atoms in total. The lowest BCUT2D eigenvalue weighted by Crippen LogP contribution is -2.44. The second-order valence-electron chi connectivity index (χ2n) is 7.71. The maximum absolute atomic E-state index is 13.3. The molecule has 0 saturated carbocycles. The van der Waals surface area contributed by atoms with Crippen molar-refractivity contribution in [3.05, 3.63) is 88.7 Å². The zero-order valence-electron chi connectivity index (χ0n) is 17.2. The van der Waals surface area contributed by atoms with E-state index >= 15 is 0 Å². The predicted octanol–water partition coefficient (Wildman–Crippen LogP) is 2.55. The molecule has 1 amide bonds. The number of nitrogens with two attached hydrogens (primary N) is 1. The van der Waals surface area contributed by atoms with E-state index in [4.69, 9.17) is 10.2 Å². The summed E-state index contributed by atoms with van der Waals surface area (Å²) in [5, 5.41) is 6.33. The summed E-state index contributed by atoms with van der Waals surface area (Å²) in [6.45, 7) is 0.498. The number of pyridine rings is 1. The van der Waals surface area contributed by atoms with Gasteiger partial charge in [0.25, 0.3) is 0 Å². The number of hydrogen-bond donors (Lipinski definition) is 2. The molecule has 0 spiro atoms. The molecule has 4 aromatic rings. The van der Waals surface area contributed by atoms with E-state index < -0.39 is 11.8 Å². The van der Waals surface area contributed by atoms with Gasteiger partial charge >= 0.3 is 5.76 Å². The number of aromatic amines is 1. The summed E-state index contributed by atoms with van der Waals surface area (Å²) in [6.07, 6.45) is 4.48. The van der Waals surface area contributed by atoms with Crippen LogP contribution in [0.4, 0.5) is 5.69 Å². The number of anilines is 1. The molecule has 2 aromatic heterocycles. The number of amides is 1. The fraction of sp³-hybridized carbons (Fsp3) is 0.167. The minimum absolute atomic E-state index is 0.145. The number of nitrogens with one attached hydrogen (secondary N) is 1. The van der Waals surface area contributed by atoms with Crippen LogP contribution in [0.1, 0.15) is 11.1 Å². The number of H-pyrrole nitrogens is 1. The van der Waals surface area contributed by atoms with Crippen molar-refractivity contribution in [3.8, 4) is 22.6 Å². The average Bonchev–Trinajstić information content (AvgIpc) is 3.45. The standard InChI is InChI=1S/C24H21N5O3/c25-20(12-15-4-2-1-3-5-15)23(30)29-11-8-18-19(22-27-28-24(31)32-22)13-17(14-21(18)29)16-6-9-26-10-7-16/h1-7,9-10,13-14,20H,8,11-12,25H2,(H,28,31). The molecule has 160 valence electrons. The Morgan fingerprint density at radius 2 is 1.91 bits per heavy atom. The Bertz CT molecular complexity index is 1310. The maximum atomic E-state index is 13.3. The van der Waals surface area contributed by atoms with E-state index in [9.17, 15) is 9.59 Å². The van der Waals surface area contributed by atoms with Gasteiger partial charge in [0.15, 0.2) is 0 Å². The summed E-state index contributed by atoms with van der Waals surface area (Å²) in [4.78, 5) is 30.7. The van der Waals surface area contributed by atoms with Gasteiger partial charge < -0.3 is 15.1 Å². The number of carbonyl (C=O) groups is 1. The van der Waals surface area contributed by atoms with Gasteiger partial charge in [-0.05, 0) is 59.4 Å². The zero-order chi connectivity index (χ0) is 22.1. The maximum Gasteiger partial charge on any atom is 0.434 e. The van der Waals surface area contributed by atoms with E-state index in [1.54, 1.807) is 17.3 Å². The molecule has 3 heterocycles. The highest BCUT2D eigenvalue weighted by Gasteiger charge is 2.32. The van der Waals surface area contributed by atoms with Gasteiger partial charge in [0.05, 0.1) is 6.04 Å². The van der Waals surface area contributed by atoms with Gasteiger partial charge in [-0.25, -0.2) is 9.89 Å². The topological polar surface area (TPSA) is 118 Å². The number of carbonyl (C=O) groups excluding carboxylic acids is 1. The van der Waals surface area contributed by atoms with Gasteiger partial charge in [-0.1, -0.05) is 30.3 Å². The van der Waals surface area contributed by atoms with E-state index in [0.717, 1.165) is 27.9 Å². The van der Waals surface area contributed by atoms with Crippen molar-refractivity contribution in [2.75, 3.05) is 11.4 Å². The van der Waals surface area contributed by atoms with Gasteiger partial charge in [0.2, 0.25) is 11.8 Å². The van der Waals surface area contributed by atoms with Crippen LogP contribution in [0.5, 0.6) is 0 Å². The number of hydrogen-bond acceptors (Lipinski definition) is 6. The van der Waals surface area contributed by atoms with E-state index in [1.165, 1.54) is 0 Å². The molecule has 0 radical (unpaired) electrons. The van der Waals surface area contributed by atoms with Gasteiger partial charge in [0, 0.05) is 30.2 Å². The molecule has 0 bridgehead atoms. The summed E-state index contributed by atoms with van der Waals surface area (Å²) >= 11 is 0. The van der Waals surface area contributed by atoms with Crippen LogP contribution in [0.2, 0.25) is 0 Å². The van der Waals surface area contributed by atoms with Crippen LogP contribution in [0.3, 0.4) is 0 Å². The molecule has 1 unspecified atom stereocenters. The molecule has 0 fully saturated rings. The highest BCUT2D eigenvalue weighted by Crippen LogP contribution is 2.39. The number of nitrogens with zero attached hydrogens (tertiary/aromatic N) is 3. The molecule has 1 aliphatic heterocycles. The Balaban J connectivity index is 1.55. The SMILES string of the molecule is NC(Cc1ccccc1)C(=O)N1CCc2c(-c3n[nH]c(=O)o3)cc(-c3ccncc3)cc21. The first kappa shape index (κ1) is 19.9. The van der Waals surface area contributed by atoms with Gasteiger partial charge in [-0.2, -0.15) is 0 Å². The van der Waals surface area contributed by atoms with Crippen LogP contribution >= 0.6 is 0 Å². The monoisotopic (exact) mass is 427 g/mol. The molecule has 3 N–H and O–H groups in total. The first-order chi connectivity index (χ1) is 15.6. The third-order valence-electron chi connectivity index (χ3n) is 5.67. The second kappa shape index (κ2) is 8.24. The Kier molecular flexibility index (Phi) is 5.12. The van der Waals surface area contributed by atoms with Crippen LogP contribution in [0.15, 0.2) is 76.2 Å². The summed E-state index contributed by atoms with van der Waals surface area (Å²) in [6, 6.07) is 16.7. The Labute approximate surface area is 183 Å². The van der Waals surface area contributed by atoms with Crippen molar-refractivity contribution < 1.29 is 9.21 Å². The van der Waals surface area contributed by atoms with Crippen molar-refractivity contribution in [3.63, 3.8) is 0 Å². The number of fused-ring (bicyclic) bond motifs is 1. The average molecular weight is 427 g/mol. The van der Waals surface area contributed by atoms with Crippen LogP contribution in [-0.2, 0) is 17.6 Å². The Morgan fingerprint density at radius 3 is 2.62 bits per heavy atom. The lowest BCUT2D eigenvalue weighted by atomic mass is 9.97. The van der Waals surface area contributed by atoms with Crippen LogP contribution in [0.25, 0.3) is 22.6 Å². The largest absolute Gasteiger partial charge is 0.434 e. The lowest BCUT2D eigenvalue weighted by Gasteiger charge is -2.22. The smallest absolute Gasteiger partial charge is 0.388 e. The van der Waals surface area contributed by atoms with Crippen molar-refractivity contribution in [1.29, 1.82) is 0 Å². The summed E-state index contributed by atoms with van der Waals surface area (Å²) in [5.74, 6) is -0.571. The highest BCUT2D eigenvalue weighted by atomic mass is 16.4. The van der Waals surface area contributed by atoms with Crippen molar-refractivity contribution in [1.82, 2.24) is 15.2 Å². The Hall–Kier alpha value is -4.04. The fourth-order valence-electron chi connectivity index (χ4n) is 4.14. The predicted molar refractivity (Wildman–Crippen MR) is 120 cm³/mol. The van der Waals surface area contributed by atoms with E-state index in [0.29, 0.717) is 24.9 Å². The molecule has 1 atom stereocenters. The van der Waals surface area contributed by atoms with Crippen LogP contribution in [0, 0.1) is 0 Å². The molecular weight excluding hydrogens is 406 g/mol. The first-order valence-electron chi connectivity index (χ1n) is 10.3. The molecule has 1 aliphatic rings. The number of aromatic nitrogens is 3. The van der Waals surface area contributed by atoms with E-state index in [-0.39, 0.29) is 11.8 Å². The van der Waals surface area contributed by atoms with Crippen molar-refractivity contribution >= 4 is 11.6 Å². The lowest BCUT2D eigenvalue weighted by molar-refractivity contribution is -0.119. The van der Waals surface area contributed by atoms with Gasteiger partial charge in [0.1, 0.15) is 0 Å². The summed E-state index contributed by atoms with van der Waals surface area (Å²) in [7, 11) is 0. The fourth-order valence-corrected chi connectivity index (χ4v) is 4.14. The summed E-state index contributed by atoms with van der Waals surface area (Å²) in [5.41, 5.74) is 11.5. The van der Waals surface area contributed by atoms with E-state index in [1.807, 2.05) is 54.6 Å². The zero-order valence-corrected chi connectivity index (χ0v) is 17.2. The normalized spacial score (nSPS) is 13.7. The quantitative estimate of drug-likeness (QED) is 0.505. The molecule has 8 heteroatoms. The first-order valence-corrected chi connectivity index (χ1v) is 10.3. The summed E-state index contributed by atoms with van der Waals surface area (Å²) < 4.78 is 5.25. The third kappa shape index (κ3) is 3.72. The molecule has 2 aromatic carbocycles. The van der Waals surface area contributed by atoms with Gasteiger partial charge in [-0.15, -0.1) is 5.10 Å². The van der Waals surface area contributed by atoms with Crippen molar-refractivity contribution in [2.45, 2.75) is 18.9 Å². The number of rotatable bonds is 5. The molecule has 0 saturated heterocycles. The Morgan fingerprint density at radius 1 is 1.12 bits per heavy atom. The molecule has 5 rings (SSSR count). The van der Waals surface area contributed by atoms with Crippen LogP contribution < -0.4 is 16.4 Å². The highest BCUT2D eigenvalue weighted by molar-refractivity contribution is 6.01.